The summed E-state index contributed by atoms with van der Waals surface area (Å²) in [6, 6.07) is 5.87. The molecule has 0 N–H and O–H groups in total. The number of amides is 2. The van der Waals surface area contributed by atoms with E-state index in [1.54, 1.807) is 45.0 Å². The van der Waals surface area contributed by atoms with Crippen LogP contribution in [0.5, 0.6) is 0 Å². The minimum absolute atomic E-state index is 0.0512. The summed E-state index contributed by atoms with van der Waals surface area (Å²) in [6.07, 6.45) is 0. The minimum atomic E-state index is -0.737. The molecule has 3 rings (SSSR count). The molecule has 2 aromatic rings. The van der Waals surface area contributed by atoms with Gasteiger partial charge in [-0.25, -0.2) is 9.78 Å². The van der Waals surface area contributed by atoms with Crippen molar-refractivity contribution in [2.75, 3.05) is 6.61 Å². The van der Waals surface area contributed by atoms with Gasteiger partial charge in [-0.05, 0) is 32.9 Å². The van der Waals surface area contributed by atoms with Crippen molar-refractivity contribution in [2.24, 2.45) is 0 Å². The normalized spacial score (nSPS) is 14.7. The van der Waals surface area contributed by atoms with Crippen LogP contribution >= 0.6 is 0 Å². The number of aryl methyl sites for hydroxylation is 1. The van der Waals surface area contributed by atoms with Crippen molar-refractivity contribution >= 4 is 17.8 Å². The number of carbonyl (C=O) groups excluding carboxylic acids is 3. The molecule has 1 aliphatic heterocycles. The van der Waals surface area contributed by atoms with Crippen molar-refractivity contribution in [2.45, 2.75) is 26.8 Å². The Morgan fingerprint density at radius 3 is 2.38 bits per heavy atom. The van der Waals surface area contributed by atoms with Gasteiger partial charge in [0.1, 0.15) is 11.8 Å². The standard InChI is InChI=1S/C17H16N2O5/c1-4-23-17(22)13-10(3)24-14(18-13)9(2)19-15(20)11-7-5-6-8-12(11)16(19)21/h5-9H,4H2,1-3H3. The lowest BCUT2D eigenvalue weighted by atomic mass is 10.1. The van der Waals surface area contributed by atoms with E-state index in [1.807, 2.05) is 0 Å². The Balaban J connectivity index is 1.92. The molecule has 0 bridgehead atoms. The lowest BCUT2D eigenvalue weighted by Gasteiger charge is -2.19. The number of rotatable bonds is 4. The van der Waals surface area contributed by atoms with E-state index in [1.165, 1.54) is 0 Å². The van der Waals surface area contributed by atoms with Crippen LogP contribution in [-0.4, -0.2) is 34.3 Å². The van der Waals surface area contributed by atoms with E-state index in [9.17, 15) is 14.4 Å². The number of oxazole rings is 1. The molecule has 0 saturated heterocycles. The number of nitrogens with zero attached hydrogens (tertiary/aromatic N) is 2. The van der Waals surface area contributed by atoms with Crippen LogP contribution in [-0.2, 0) is 4.74 Å². The van der Waals surface area contributed by atoms with E-state index in [0.29, 0.717) is 11.1 Å². The molecule has 2 heterocycles. The van der Waals surface area contributed by atoms with Crippen LogP contribution in [0, 0.1) is 6.92 Å². The fraction of sp³-hybridized carbons (Fsp3) is 0.294. The predicted molar refractivity (Wildman–Crippen MR) is 82.6 cm³/mol. The van der Waals surface area contributed by atoms with Crippen LogP contribution in [0.15, 0.2) is 28.7 Å². The number of carbonyl (C=O) groups is 3. The smallest absolute Gasteiger partial charge is 0.360 e. The van der Waals surface area contributed by atoms with Crippen molar-refractivity contribution in [3.05, 3.63) is 52.7 Å². The highest BCUT2D eigenvalue weighted by Crippen LogP contribution is 2.31. The molecule has 0 fully saturated rings. The molecular formula is C17H16N2O5. The molecule has 7 nitrogen and oxygen atoms in total. The highest BCUT2D eigenvalue weighted by molar-refractivity contribution is 6.21. The molecule has 0 radical (unpaired) electrons. The van der Waals surface area contributed by atoms with E-state index in [-0.39, 0.29) is 24.0 Å². The second-order valence-electron chi connectivity index (χ2n) is 5.38. The SMILES string of the molecule is CCOC(=O)c1nc(C(C)N2C(=O)c3ccccc3C2=O)oc1C. The van der Waals surface area contributed by atoms with Crippen LogP contribution in [0.2, 0.25) is 0 Å². The molecule has 0 saturated carbocycles. The highest BCUT2D eigenvalue weighted by atomic mass is 16.5. The van der Waals surface area contributed by atoms with Gasteiger partial charge in [-0.15, -0.1) is 0 Å². The number of benzene rings is 1. The number of fused-ring (bicyclic) bond motifs is 1. The molecule has 2 amide bonds. The first kappa shape index (κ1) is 15.9. The maximum Gasteiger partial charge on any atom is 0.360 e. The second-order valence-corrected chi connectivity index (χ2v) is 5.38. The number of aromatic nitrogens is 1. The third-order valence-electron chi connectivity index (χ3n) is 3.85. The number of imide groups is 1. The van der Waals surface area contributed by atoms with Gasteiger partial charge in [-0.3, -0.25) is 14.5 Å². The Kier molecular flexibility index (Phi) is 3.92. The maximum absolute atomic E-state index is 12.5. The van der Waals surface area contributed by atoms with Crippen molar-refractivity contribution in [1.29, 1.82) is 0 Å². The van der Waals surface area contributed by atoms with Gasteiger partial charge in [0.25, 0.3) is 11.8 Å². The molecule has 0 aliphatic carbocycles. The summed E-state index contributed by atoms with van der Waals surface area (Å²) >= 11 is 0. The molecule has 24 heavy (non-hydrogen) atoms. The molecular weight excluding hydrogens is 312 g/mol. The summed E-state index contributed by atoms with van der Waals surface area (Å²) in [5.74, 6) is -1.01. The van der Waals surface area contributed by atoms with Crippen LogP contribution in [0.3, 0.4) is 0 Å². The van der Waals surface area contributed by atoms with Gasteiger partial charge in [0, 0.05) is 0 Å². The van der Waals surface area contributed by atoms with Gasteiger partial charge in [0.05, 0.1) is 17.7 Å². The Morgan fingerprint density at radius 2 is 1.83 bits per heavy atom. The monoisotopic (exact) mass is 328 g/mol. The van der Waals surface area contributed by atoms with Gasteiger partial charge in [0.15, 0.2) is 5.69 Å². The van der Waals surface area contributed by atoms with Crippen LogP contribution < -0.4 is 0 Å². The predicted octanol–water partition coefficient (Wildman–Crippen LogP) is 2.52. The third-order valence-corrected chi connectivity index (χ3v) is 3.85. The molecule has 7 heteroatoms. The molecule has 1 atom stereocenters. The summed E-state index contributed by atoms with van der Waals surface area (Å²) in [4.78, 5) is 42.0. The van der Waals surface area contributed by atoms with Crippen LogP contribution in [0.25, 0.3) is 0 Å². The lowest BCUT2D eigenvalue weighted by molar-refractivity contribution is 0.0517. The third kappa shape index (κ3) is 2.38. The summed E-state index contributed by atoms with van der Waals surface area (Å²) in [6.45, 7) is 5.11. The summed E-state index contributed by atoms with van der Waals surface area (Å²) in [5.41, 5.74) is 0.752. The Hall–Kier alpha value is -2.96. The summed E-state index contributed by atoms with van der Waals surface area (Å²) in [7, 11) is 0. The van der Waals surface area contributed by atoms with Crippen LogP contribution in [0.4, 0.5) is 0 Å². The largest absolute Gasteiger partial charge is 0.461 e. The Morgan fingerprint density at radius 1 is 1.25 bits per heavy atom. The molecule has 1 aromatic heterocycles. The molecule has 124 valence electrons. The Labute approximate surface area is 138 Å². The van der Waals surface area contributed by atoms with E-state index in [2.05, 4.69) is 4.98 Å². The molecule has 0 spiro atoms. The van der Waals surface area contributed by atoms with Gasteiger partial charge in [-0.1, -0.05) is 12.1 Å². The summed E-state index contributed by atoms with van der Waals surface area (Å²) in [5, 5.41) is 0. The van der Waals surface area contributed by atoms with E-state index in [0.717, 1.165) is 4.90 Å². The fourth-order valence-electron chi connectivity index (χ4n) is 2.65. The van der Waals surface area contributed by atoms with Gasteiger partial charge in [-0.2, -0.15) is 0 Å². The number of hydrogen-bond acceptors (Lipinski definition) is 6. The molecule has 1 aromatic carbocycles. The van der Waals surface area contributed by atoms with Crippen molar-refractivity contribution in [3.8, 4) is 0 Å². The van der Waals surface area contributed by atoms with E-state index >= 15 is 0 Å². The first-order valence-corrected chi connectivity index (χ1v) is 7.57. The maximum atomic E-state index is 12.5. The van der Waals surface area contributed by atoms with E-state index < -0.39 is 23.8 Å². The van der Waals surface area contributed by atoms with Gasteiger partial charge < -0.3 is 9.15 Å². The first-order chi connectivity index (χ1) is 11.5. The number of hydrogen-bond donors (Lipinski definition) is 0. The number of ether oxygens (including phenoxy) is 1. The van der Waals surface area contributed by atoms with Crippen molar-refractivity contribution < 1.29 is 23.5 Å². The zero-order valence-corrected chi connectivity index (χ0v) is 13.5. The lowest BCUT2D eigenvalue weighted by Crippen LogP contribution is -2.32. The topological polar surface area (TPSA) is 89.7 Å². The molecule has 1 unspecified atom stereocenters. The average molecular weight is 328 g/mol. The average Bonchev–Trinajstić information content (AvgIpc) is 3.07. The van der Waals surface area contributed by atoms with Gasteiger partial charge >= 0.3 is 5.97 Å². The van der Waals surface area contributed by atoms with Gasteiger partial charge in [0.2, 0.25) is 5.89 Å². The molecule has 1 aliphatic rings. The summed E-state index contributed by atoms with van der Waals surface area (Å²) < 4.78 is 10.4. The van der Waals surface area contributed by atoms with Crippen molar-refractivity contribution in [1.82, 2.24) is 9.88 Å². The number of esters is 1. The fourth-order valence-corrected chi connectivity index (χ4v) is 2.65. The quantitative estimate of drug-likeness (QED) is 0.633. The Bertz CT molecular complexity index is 804. The zero-order valence-electron chi connectivity index (χ0n) is 13.5. The highest BCUT2D eigenvalue weighted by Gasteiger charge is 2.40. The minimum Gasteiger partial charge on any atom is -0.461 e. The first-order valence-electron chi connectivity index (χ1n) is 7.57. The van der Waals surface area contributed by atoms with Crippen LogP contribution in [0.1, 0.15) is 62.7 Å². The van der Waals surface area contributed by atoms with E-state index in [4.69, 9.17) is 9.15 Å². The second kappa shape index (κ2) is 5.92. The van der Waals surface area contributed by atoms with Crippen molar-refractivity contribution in [3.63, 3.8) is 0 Å². The zero-order chi connectivity index (χ0) is 17.4.